The van der Waals surface area contributed by atoms with Gasteiger partial charge in [0.1, 0.15) is 6.04 Å². The van der Waals surface area contributed by atoms with Gasteiger partial charge >= 0.3 is 12.0 Å². The number of carboxylic acids is 1. The van der Waals surface area contributed by atoms with Gasteiger partial charge in [0, 0.05) is 12.6 Å². The third kappa shape index (κ3) is 3.25. The Kier molecular flexibility index (Phi) is 4.89. The molecule has 0 aromatic heterocycles. The highest BCUT2D eigenvalue weighted by molar-refractivity contribution is 5.83. The Morgan fingerprint density at radius 3 is 2.50 bits per heavy atom. The second kappa shape index (κ2) is 6.46. The predicted octanol–water partition coefficient (Wildman–Crippen LogP) is 2.46. The summed E-state index contributed by atoms with van der Waals surface area (Å²) in [5, 5.41) is 12.3. The molecule has 0 radical (unpaired) electrons. The van der Waals surface area contributed by atoms with Crippen molar-refractivity contribution in [1.29, 1.82) is 0 Å². The lowest BCUT2D eigenvalue weighted by Gasteiger charge is -2.36. The zero-order chi connectivity index (χ0) is 14.7. The molecule has 1 saturated carbocycles. The van der Waals surface area contributed by atoms with Crippen molar-refractivity contribution in [3.05, 3.63) is 0 Å². The average molecular weight is 282 g/mol. The highest BCUT2D eigenvalue weighted by Crippen LogP contribution is 2.30. The monoisotopic (exact) mass is 282 g/mol. The number of urea groups is 1. The average Bonchev–Trinajstić information content (AvgIpc) is 2.88. The van der Waals surface area contributed by atoms with Gasteiger partial charge in [-0.1, -0.05) is 26.7 Å². The lowest BCUT2D eigenvalue weighted by atomic mass is 9.78. The molecule has 0 aromatic rings. The van der Waals surface area contributed by atoms with E-state index in [-0.39, 0.29) is 12.1 Å². The summed E-state index contributed by atoms with van der Waals surface area (Å²) in [5.74, 6) is 0.176. The Labute approximate surface area is 120 Å². The minimum absolute atomic E-state index is 0.188. The van der Waals surface area contributed by atoms with Crippen molar-refractivity contribution in [3.8, 4) is 0 Å². The van der Waals surface area contributed by atoms with Gasteiger partial charge in [0.25, 0.3) is 0 Å². The summed E-state index contributed by atoms with van der Waals surface area (Å²) >= 11 is 0. The molecule has 0 spiro atoms. The third-order valence-corrected chi connectivity index (χ3v) is 4.78. The van der Waals surface area contributed by atoms with Gasteiger partial charge in [-0.2, -0.15) is 0 Å². The number of aliphatic carboxylic acids is 1. The number of amides is 2. The normalized spacial score (nSPS) is 30.6. The molecule has 20 heavy (non-hydrogen) atoms. The van der Waals surface area contributed by atoms with Crippen LogP contribution < -0.4 is 5.32 Å². The van der Waals surface area contributed by atoms with Crippen LogP contribution in [0.1, 0.15) is 52.4 Å². The number of hydrogen-bond donors (Lipinski definition) is 2. The molecule has 114 valence electrons. The maximum atomic E-state index is 12.3. The topological polar surface area (TPSA) is 69.6 Å². The quantitative estimate of drug-likeness (QED) is 0.835. The number of carboxylic acid groups (broad SMARTS) is 1. The zero-order valence-corrected chi connectivity index (χ0v) is 12.5. The van der Waals surface area contributed by atoms with Crippen molar-refractivity contribution in [2.45, 2.75) is 64.5 Å². The Hall–Kier alpha value is -1.26. The van der Waals surface area contributed by atoms with Crippen LogP contribution >= 0.6 is 0 Å². The Bertz CT molecular complexity index is 370. The number of nitrogens with zero attached hydrogens (tertiary/aromatic N) is 1. The Balaban J connectivity index is 1.97. The van der Waals surface area contributed by atoms with E-state index in [1.165, 1.54) is 11.3 Å². The van der Waals surface area contributed by atoms with Crippen molar-refractivity contribution >= 4 is 12.0 Å². The van der Waals surface area contributed by atoms with Crippen molar-refractivity contribution in [3.63, 3.8) is 0 Å². The van der Waals surface area contributed by atoms with E-state index < -0.39 is 12.0 Å². The molecule has 2 fully saturated rings. The molecular weight excluding hydrogens is 256 g/mol. The molecule has 2 amide bonds. The molecule has 3 atom stereocenters. The number of carbonyl (C=O) groups is 2. The van der Waals surface area contributed by atoms with E-state index in [2.05, 4.69) is 19.2 Å². The molecule has 1 heterocycles. The fraction of sp³-hybridized carbons (Fsp3) is 0.867. The van der Waals surface area contributed by atoms with E-state index in [1.54, 1.807) is 0 Å². The SMILES string of the molecule is CC(C)C1CCCCC1NC(=O)N1CCCC1C(=O)O. The van der Waals surface area contributed by atoms with Gasteiger partial charge in [-0.05, 0) is 37.5 Å². The van der Waals surface area contributed by atoms with Crippen LogP contribution in [0.3, 0.4) is 0 Å². The Morgan fingerprint density at radius 2 is 1.85 bits per heavy atom. The minimum Gasteiger partial charge on any atom is -0.480 e. The van der Waals surface area contributed by atoms with Crippen molar-refractivity contribution in [2.24, 2.45) is 11.8 Å². The molecule has 1 aliphatic carbocycles. The van der Waals surface area contributed by atoms with Crippen LogP contribution in [0.5, 0.6) is 0 Å². The third-order valence-electron chi connectivity index (χ3n) is 4.78. The summed E-state index contributed by atoms with van der Waals surface area (Å²) in [4.78, 5) is 25.0. The summed E-state index contributed by atoms with van der Waals surface area (Å²) in [6.07, 6.45) is 5.90. The lowest BCUT2D eigenvalue weighted by molar-refractivity contribution is -0.141. The molecule has 0 aromatic carbocycles. The van der Waals surface area contributed by atoms with Crippen molar-refractivity contribution in [2.75, 3.05) is 6.54 Å². The standard InChI is InChI=1S/C15H26N2O3/c1-10(2)11-6-3-4-7-12(11)16-15(20)17-9-5-8-13(17)14(18)19/h10-13H,3-9H2,1-2H3,(H,16,20)(H,18,19). The second-order valence-electron chi connectivity index (χ2n) is 6.44. The maximum absolute atomic E-state index is 12.3. The molecule has 5 nitrogen and oxygen atoms in total. The van der Waals surface area contributed by atoms with Gasteiger partial charge in [-0.25, -0.2) is 9.59 Å². The largest absolute Gasteiger partial charge is 0.480 e. The van der Waals surface area contributed by atoms with E-state index in [1.807, 2.05) is 0 Å². The molecule has 0 bridgehead atoms. The molecule has 1 saturated heterocycles. The molecular formula is C15H26N2O3. The summed E-state index contributed by atoms with van der Waals surface area (Å²) in [6.45, 7) is 4.96. The number of carbonyl (C=O) groups excluding carboxylic acids is 1. The van der Waals surface area contributed by atoms with Crippen LogP contribution in [0.4, 0.5) is 4.79 Å². The van der Waals surface area contributed by atoms with Crippen LogP contribution in [-0.4, -0.2) is 40.6 Å². The van der Waals surface area contributed by atoms with Gasteiger partial charge in [-0.3, -0.25) is 0 Å². The summed E-state index contributed by atoms with van der Waals surface area (Å²) in [7, 11) is 0. The van der Waals surface area contributed by atoms with E-state index >= 15 is 0 Å². The highest BCUT2D eigenvalue weighted by Gasteiger charge is 2.36. The van der Waals surface area contributed by atoms with Crippen molar-refractivity contribution < 1.29 is 14.7 Å². The first-order valence-corrected chi connectivity index (χ1v) is 7.80. The lowest BCUT2D eigenvalue weighted by Crippen LogP contribution is -2.52. The smallest absolute Gasteiger partial charge is 0.326 e. The molecule has 2 N–H and O–H groups in total. The number of nitrogens with one attached hydrogen (secondary N) is 1. The fourth-order valence-corrected chi connectivity index (χ4v) is 3.64. The number of hydrogen-bond acceptors (Lipinski definition) is 2. The first kappa shape index (κ1) is 15.1. The predicted molar refractivity (Wildman–Crippen MR) is 76.5 cm³/mol. The Morgan fingerprint density at radius 1 is 1.15 bits per heavy atom. The molecule has 5 heteroatoms. The first-order chi connectivity index (χ1) is 9.50. The van der Waals surface area contributed by atoms with Gasteiger partial charge < -0.3 is 15.3 Å². The summed E-state index contributed by atoms with van der Waals surface area (Å²) < 4.78 is 0. The number of likely N-dealkylation sites (tertiary alicyclic amines) is 1. The van der Waals surface area contributed by atoms with Crippen LogP contribution in [0.2, 0.25) is 0 Å². The number of rotatable bonds is 3. The van der Waals surface area contributed by atoms with E-state index in [0.717, 1.165) is 25.7 Å². The molecule has 2 rings (SSSR count). The van der Waals surface area contributed by atoms with Crippen LogP contribution in [0.15, 0.2) is 0 Å². The van der Waals surface area contributed by atoms with Crippen LogP contribution in [0.25, 0.3) is 0 Å². The van der Waals surface area contributed by atoms with Crippen LogP contribution in [-0.2, 0) is 4.79 Å². The van der Waals surface area contributed by atoms with E-state index in [0.29, 0.717) is 24.8 Å². The van der Waals surface area contributed by atoms with Crippen LogP contribution in [0, 0.1) is 11.8 Å². The fourth-order valence-electron chi connectivity index (χ4n) is 3.64. The first-order valence-electron chi connectivity index (χ1n) is 7.80. The molecule has 2 aliphatic rings. The minimum atomic E-state index is -0.887. The maximum Gasteiger partial charge on any atom is 0.326 e. The summed E-state index contributed by atoms with van der Waals surface area (Å²) in [5.41, 5.74) is 0. The molecule has 3 unspecified atom stereocenters. The summed E-state index contributed by atoms with van der Waals surface area (Å²) in [6, 6.07) is -0.630. The van der Waals surface area contributed by atoms with Crippen molar-refractivity contribution in [1.82, 2.24) is 10.2 Å². The van der Waals surface area contributed by atoms with Gasteiger partial charge in [-0.15, -0.1) is 0 Å². The highest BCUT2D eigenvalue weighted by atomic mass is 16.4. The van der Waals surface area contributed by atoms with Gasteiger partial charge in [0.05, 0.1) is 0 Å². The molecule has 1 aliphatic heterocycles. The second-order valence-corrected chi connectivity index (χ2v) is 6.44. The van der Waals surface area contributed by atoms with E-state index in [4.69, 9.17) is 5.11 Å². The van der Waals surface area contributed by atoms with E-state index in [9.17, 15) is 9.59 Å². The van der Waals surface area contributed by atoms with Gasteiger partial charge in [0.2, 0.25) is 0 Å². The zero-order valence-electron chi connectivity index (χ0n) is 12.5. The van der Waals surface area contributed by atoms with Gasteiger partial charge in [0.15, 0.2) is 0 Å².